The summed E-state index contributed by atoms with van der Waals surface area (Å²) in [7, 11) is 1.35. The Morgan fingerprint density at radius 3 is 3.00 bits per heavy atom. The lowest BCUT2D eigenvalue weighted by molar-refractivity contribution is -0.137. The van der Waals surface area contributed by atoms with Gasteiger partial charge in [-0.3, -0.25) is 9.59 Å². The zero-order valence-corrected chi connectivity index (χ0v) is 16.1. The molecule has 0 fully saturated rings. The molecule has 0 unspecified atom stereocenters. The number of fused-ring (bicyclic) bond motifs is 2. The summed E-state index contributed by atoms with van der Waals surface area (Å²) in [6.45, 7) is 8.69. The first-order valence-electron chi connectivity index (χ1n) is 7.86. The van der Waals surface area contributed by atoms with Gasteiger partial charge in [0, 0.05) is 23.4 Å². The molecule has 3 heterocycles. The first-order valence-corrected chi connectivity index (χ1v) is 9.66. The lowest BCUT2D eigenvalue weighted by Gasteiger charge is -2.30. The van der Waals surface area contributed by atoms with Crippen LogP contribution in [0.25, 0.3) is 10.3 Å². The van der Waals surface area contributed by atoms with Crippen LogP contribution in [0.1, 0.15) is 24.3 Å². The second kappa shape index (κ2) is 6.93. The summed E-state index contributed by atoms with van der Waals surface area (Å²) >= 11 is 2.79. The minimum atomic E-state index is -0.349. The highest BCUT2D eigenvalue weighted by Gasteiger charge is 2.30. The molecule has 1 aliphatic heterocycles. The van der Waals surface area contributed by atoms with E-state index in [-0.39, 0.29) is 22.8 Å². The first-order chi connectivity index (χ1) is 11.9. The van der Waals surface area contributed by atoms with E-state index in [2.05, 4.69) is 16.3 Å². The van der Waals surface area contributed by atoms with Crippen molar-refractivity contribution in [1.29, 1.82) is 0 Å². The Morgan fingerprint density at radius 1 is 1.56 bits per heavy atom. The molecule has 2 aromatic rings. The summed E-state index contributed by atoms with van der Waals surface area (Å²) in [6, 6.07) is 0. The van der Waals surface area contributed by atoms with E-state index >= 15 is 0 Å². The maximum absolute atomic E-state index is 13.0. The Labute approximate surface area is 153 Å². The van der Waals surface area contributed by atoms with Crippen molar-refractivity contribution < 1.29 is 14.3 Å². The number of allylic oxidation sites excluding steroid dienone is 1. The molecule has 2 aromatic heterocycles. The quantitative estimate of drug-likeness (QED) is 0.451. The Bertz CT molecular complexity index is 898. The predicted molar refractivity (Wildman–Crippen MR) is 99.4 cm³/mol. The smallest absolute Gasteiger partial charge is 0.316 e. The molecule has 0 saturated carbocycles. The van der Waals surface area contributed by atoms with E-state index in [0.29, 0.717) is 30.2 Å². The number of ether oxygens (including phenoxy) is 2. The largest absolute Gasteiger partial charge is 0.468 e. The molecule has 0 spiro atoms. The van der Waals surface area contributed by atoms with E-state index in [1.165, 1.54) is 30.2 Å². The number of aromatic nitrogens is 2. The van der Waals surface area contributed by atoms with Crippen LogP contribution in [0.4, 0.5) is 0 Å². The SMILES string of the molecule is C=CCn1c(SCC(=O)OC)nc2c(=O)c3c(sc21)COC(C)(C)C3. The molecule has 134 valence electrons. The van der Waals surface area contributed by atoms with Gasteiger partial charge in [-0.15, -0.1) is 17.9 Å². The third-order valence-corrected chi connectivity index (χ3v) is 6.15. The van der Waals surface area contributed by atoms with Gasteiger partial charge in [-0.2, -0.15) is 0 Å². The molecular formula is C17H20N2O4S2. The van der Waals surface area contributed by atoms with Crippen LogP contribution in [0.15, 0.2) is 22.6 Å². The van der Waals surface area contributed by atoms with Crippen LogP contribution in [0, 0.1) is 0 Å². The highest BCUT2D eigenvalue weighted by atomic mass is 32.2. The fraction of sp³-hybridized carbons (Fsp3) is 0.471. The van der Waals surface area contributed by atoms with E-state index < -0.39 is 0 Å². The monoisotopic (exact) mass is 380 g/mol. The number of carbonyl (C=O) groups is 1. The average molecular weight is 380 g/mol. The summed E-state index contributed by atoms with van der Waals surface area (Å²) in [4.78, 5) is 30.7. The molecule has 0 atom stereocenters. The van der Waals surface area contributed by atoms with Crippen LogP contribution in [-0.2, 0) is 33.8 Å². The van der Waals surface area contributed by atoms with Gasteiger partial charge < -0.3 is 14.0 Å². The summed E-state index contributed by atoms with van der Waals surface area (Å²) in [5, 5.41) is 0.621. The molecule has 1 aliphatic rings. The van der Waals surface area contributed by atoms with Crippen LogP contribution in [0.3, 0.4) is 0 Å². The summed E-state index contributed by atoms with van der Waals surface area (Å²) in [5.41, 5.74) is 0.860. The third-order valence-electron chi connectivity index (χ3n) is 3.99. The van der Waals surface area contributed by atoms with Gasteiger partial charge in [0.25, 0.3) is 0 Å². The molecule has 6 nitrogen and oxygen atoms in total. The number of nitrogens with zero attached hydrogens (tertiary/aromatic N) is 2. The number of hydrogen-bond acceptors (Lipinski definition) is 7. The molecule has 0 amide bonds. The zero-order valence-electron chi connectivity index (χ0n) is 14.5. The van der Waals surface area contributed by atoms with Crippen molar-refractivity contribution in [3.8, 4) is 0 Å². The standard InChI is InChI=1S/C17H20N2O4S2/c1-5-6-19-15-13(18-16(19)24-9-12(20)22-4)14(21)10-7-17(2,3)23-8-11(10)25-15/h5H,1,6-9H2,2-4H3. The van der Waals surface area contributed by atoms with Crippen LogP contribution < -0.4 is 5.43 Å². The van der Waals surface area contributed by atoms with Crippen LogP contribution in [-0.4, -0.2) is 34.0 Å². The van der Waals surface area contributed by atoms with Crippen molar-refractivity contribution in [3.05, 3.63) is 33.3 Å². The fourth-order valence-corrected chi connectivity index (χ4v) is 4.78. The Balaban J connectivity index is 2.12. The van der Waals surface area contributed by atoms with Crippen molar-refractivity contribution in [2.24, 2.45) is 0 Å². The van der Waals surface area contributed by atoms with Gasteiger partial charge in [-0.05, 0) is 13.8 Å². The van der Waals surface area contributed by atoms with Crippen molar-refractivity contribution in [3.63, 3.8) is 0 Å². The van der Waals surface area contributed by atoms with Crippen molar-refractivity contribution in [1.82, 2.24) is 9.55 Å². The van der Waals surface area contributed by atoms with E-state index in [1.807, 2.05) is 18.4 Å². The third kappa shape index (κ3) is 3.51. The maximum Gasteiger partial charge on any atom is 0.316 e. The number of esters is 1. The second-order valence-electron chi connectivity index (χ2n) is 6.37. The van der Waals surface area contributed by atoms with Gasteiger partial charge in [-0.25, -0.2) is 4.98 Å². The molecule has 0 radical (unpaired) electrons. The van der Waals surface area contributed by atoms with Gasteiger partial charge in [-0.1, -0.05) is 17.8 Å². The van der Waals surface area contributed by atoms with E-state index in [0.717, 1.165) is 15.3 Å². The van der Waals surface area contributed by atoms with E-state index in [9.17, 15) is 9.59 Å². The summed E-state index contributed by atoms with van der Waals surface area (Å²) in [5.74, 6) is -0.186. The molecular weight excluding hydrogens is 360 g/mol. The van der Waals surface area contributed by atoms with Crippen molar-refractivity contribution in [2.75, 3.05) is 12.9 Å². The molecule has 0 aromatic carbocycles. The lowest BCUT2D eigenvalue weighted by Crippen LogP contribution is -2.34. The number of methoxy groups -OCH3 is 1. The zero-order chi connectivity index (χ0) is 18.2. The van der Waals surface area contributed by atoms with Gasteiger partial charge in [0.2, 0.25) is 5.43 Å². The Hall–Kier alpha value is -1.64. The van der Waals surface area contributed by atoms with Gasteiger partial charge >= 0.3 is 5.97 Å². The highest BCUT2D eigenvalue weighted by molar-refractivity contribution is 7.99. The number of imidazole rings is 1. The number of hydrogen-bond donors (Lipinski definition) is 0. The maximum atomic E-state index is 13.0. The summed E-state index contributed by atoms with van der Waals surface area (Å²) in [6.07, 6.45) is 2.33. The van der Waals surface area contributed by atoms with Crippen LogP contribution in [0.5, 0.6) is 0 Å². The number of carbonyl (C=O) groups excluding carboxylic acids is 1. The van der Waals surface area contributed by atoms with E-state index in [4.69, 9.17) is 4.74 Å². The van der Waals surface area contributed by atoms with Crippen LogP contribution in [0.2, 0.25) is 0 Å². The molecule has 3 rings (SSSR count). The molecule has 25 heavy (non-hydrogen) atoms. The second-order valence-corrected chi connectivity index (χ2v) is 8.40. The van der Waals surface area contributed by atoms with Crippen molar-refractivity contribution in [2.45, 2.75) is 44.2 Å². The minimum Gasteiger partial charge on any atom is -0.468 e. The van der Waals surface area contributed by atoms with E-state index in [1.54, 1.807) is 6.08 Å². The molecule has 0 bridgehead atoms. The van der Waals surface area contributed by atoms with Gasteiger partial charge in [0.1, 0.15) is 10.3 Å². The normalized spacial score (nSPS) is 15.8. The molecule has 8 heteroatoms. The highest BCUT2D eigenvalue weighted by Crippen LogP contribution is 2.33. The Kier molecular flexibility index (Phi) is 5.04. The van der Waals surface area contributed by atoms with Crippen molar-refractivity contribution >= 4 is 39.4 Å². The molecule has 0 saturated heterocycles. The average Bonchev–Trinajstić information content (AvgIpc) is 2.92. The van der Waals surface area contributed by atoms with Gasteiger partial charge in [0.05, 0.1) is 25.1 Å². The molecule has 0 aliphatic carbocycles. The summed E-state index contributed by atoms with van der Waals surface area (Å²) < 4.78 is 12.5. The Morgan fingerprint density at radius 2 is 2.32 bits per heavy atom. The number of thioether (sulfide) groups is 1. The van der Waals surface area contributed by atoms with Crippen LogP contribution >= 0.6 is 23.1 Å². The number of rotatable bonds is 5. The fourth-order valence-electron chi connectivity index (χ4n) is 2.73. The first kappa shape index (κ1) is 18.2. The lowest BCUT2D eigenvalue weighted by atomic mass is 9.96. The molecule has 0 N–H and O–H groups in total. The predicted octanol–water partition coefficient (Wildman–Crippen LogP) is 2.76. The van der Waals surface area contributed by atoms with Gasteiger partial charge in [0.15, 0.2) is 5.16 Å². The topological polar surface area (TPSA) is 70.4 Å². The minimum absolute atomic E-state index is 0.0390.